The molecule has 3 N–H and O–H groups in total. The van der Waals surface area contributed by atoms with Gasteiger partial charge in [0.2, 0.25) is 0 Å². The zero-order valence-electron chi connectivity index (χ0n) is 11.8. The molecule has 0 aliphatic heterocycles. The number of hydrogen-bond donors (Lipinski definition) is 3. The molecule has 0 aliphatic rings. The van der Waals surface area contributed by atoms with Crippen LogP contribution in [0.4, 0.5) is 5.69 Å². The summed E-state index contributed by atoms with van der Waals surface area (Å²) in [6, 6.07) is 12.4. The lowest BCUT2D eigenvalue weighted by Gasteiger charge is -2.08. The van der Waals surface area contributed by atoms with Gasteiger partial charge in [0.15, 0.2) is 0 Å². The lowest BCUT2D eigenvalue weighted by Crippen LogP contribution is -1.99. The first-order chi connectivity index (χ1) is 10.4. The molecule has 1 aromatic carbocycles. The molecule has 0 unspecified atom stereocenters. The van der Waals surface area contributed by atoms with E-state index in [2.05, 4.69) is 39.6 Å². The second-order valence-corrected chi connectivity index (χ2v) is 5.09. The fraction of sp³-hybridized carbons (Fsp3) is 0.235. The van der Waals surface area contributed by atoms with Gasteiger partial charge in [0, 0.05) is 36.6 Å². The summed E-state index contributed by atoms with van der Waals surface area (Å²) in [5.74, 6) is 0. The third-order valence-electron chi connectivity index (χ3n) is 3.57. The number of H-pyrrole nitrogens is 1. The number of aliphatic hydroxyl groups excluding tert-OH is 1. The largest absolute Gasteiger partial charge is 0.396 e. The highest BCUT2D eigenvalue weighted by molar-refractivity contribution is 5.79. The Hall–Kier alpha value is -2.33. The Morgan fingerprint density at radius 1 is 1.19 bits per heavy atom. The molecule has 0 bridgehead atoms. The predicted molar refractivity (Wildman–Crippen MR) is 85.3 cm³/mol. The first-order valence-corrected chi connectivity index (χ1v) is 7.21. The van der Waals surface area contributed by atoms with Crippen molar-refractivity contribution in [3.05, 3.63) is 59.9 Å². The summed E-state index contributed by atoms with van der Waals surface area (Å²) in [4.78, 5) is 7.48. The van der Waals surface area contributed by atoms with Gasteiger partial charge in [-0.05, 0) is 48.2 Å². The van der Waals surface area contributed by atoms with E-state index in [1.165, 1.54) is 11.1 Å². The fourth-order valence-corrected chi connectivity index (χ4v) is 2.48. The Bertz CT molecular complexity index is 721. The molecule has 2 aromatic heterocycles. The van der Waals surface area contributed by atoms with Crippen LogP contribution < -0.4 is 5.32 Å². The number of hydrogen-bond acceptors (Lipinski definition) is 3. The maximum Gasteiger partial charge on any atom is 0.137 e. The Morgan fingerprint density at radius 3 is 3.05 bits per heavy atom. The molecule has 0 saturated heterocycles. The average Bonchev–Trinajstić information content (AvgIpc) is 2.95. The van der Waals surface area contributed by atoms with E-state index in [4.69, 9.17) is 5.11 Å². The third-order valence-corrected chi connectivity index (χ3v) is 3.57. The standard InChI is InChI=1S/C17H19N3O/c21-9-3-5-13-4-1-6-15(10-13)19-11-14-12-20-17-16(14)7-2-8-18-17/h1-2,4,6-8,10,12,19,21H,3,5,9,11H2,(H,18,20). The van der Waals surface area contributed by atoms with Gasteiger partial charge in [0.05, 0.1) is 0 Å². The van der Waals surface area contributed by atoms with Crippen LogP contribution in [0, 0.1) is 0 Å². The molecule has 0 saturated carbocycles. The Kier molecular flexibility index (Phi) is 4.17. The highest BCUT2D eigenvalue weighted by atomic mass is 16.2. The second-order valence-electron chi connectivity index (χ2n) is 5.09. The highest BCUT2D eigenvalue weighted by Crippen LogP contribution is 2.18. The maximum atomic E-state index is 8.90. The molecular formula is C17H19N3O. The summed E-state index contributed by atoms with van der Waals surface area (Å²) < 4.78 is 0. The molecule has 3 aromatic rings. The molecule has 0 aliphatic carbocycles. The molecule has 4 nitrogen and oxygen atoms in total. The molecule has 0 atom stereocenters. The van der Waals surface area contributed by atoms with Crippen molar-refractivity contribution in [2.75, 3.05) is 11.9 Å². The topological polar surface area (TPSA) is 60.9 Å². The van der Waals surface area contributed by atoms with Crippen molar-refractivity contribution in [1.82, 2.24) is 9.97 Å². The van der Waals surface area contributed by atoms with Crippen molar-refractivity contribution < 1.29 is 5.11 Å². The van der Waals surface area contributed by atoms with E-state index in [1.807, 2.05) is 18.3 Å². The minimum atomic E-state index is 0.236. The van der Waals surface area contributed by atoms with E-state index in [1.54, 1.807) is 6.20 Å². The number of nitrogens with one attached hydrogen (secondary N) is 2. The number of pyridine rings is 1. The molecule has 21 heavy (non-hydrogen) atoms. The van der Waals surface area contributed by atoms with Crippen LogP contribution >= 0.6 is 0 Å². The number of aromatic nitrogens is 2. The normalized spacial score (nSPS) is 10.9. The molecule has 0 fully saturated rings. The molecule has 0 spiro atoms. The van der Waals surface area contributed by atoms with Crippen molar-refractivity contribution in [3.8, 4) is 0 Å². The van der Waals surface area contributed by atoms with Gasteiger partial charge in [0.1, 0.15) is 5.65 Å². The van der Waals surface area contributed by atoms with E-state index >= 15 is 0 Å². The summed E-state index contributed by atoms with van der Waals surface area (Å²) in [5.41, 5.74) is 4.48. The van der Waals surface area contributed by atoms with Crippen LogP contribution in [0.1, 0.15) is 17.5 Å². The number of aryl methyl sites for hydroxylation is 1. The predicted octanol–water partition coefficient (Wildman–Crippen LogP) is 3.10. The van der Waals surface area contributed by atoms with Crippen LogP contribution in [0.5, 0.6) is 0 Å². The van der Waals surface area contributed by atoms with Crippen molar-refractivity contribution in [1.29, 1.82) is 0 Å². The van der Waals surface area contributed by atoms with Gasteiger partial charge in [-0.2, -0.15) is 0 Å². The summed E-state index contributed by atoms with van der Waals surface area (Å²) in [5, 5.41) is 13.5. The van der Waals surface area contributed by atoms with Crippen LogP contribution in [0.25, 0.3) is 11.0 Å². The fourth-order valence-electron chi connectivity index (χ4n) is 2.48. The Balaban J connectivity index is 1.70. The quantitative estimate of drug-likeness (QED) is 0.650. The number of benzene rings is 1. The van der Waals surface area contributed by atoms with Crippen LogP contribution in [0.2, 0.25) is 0 Å². The minimum Gasteiger partial charge on any atom is -0.396 e. The van der Waals surface area contributed by atoms with Gasteiger partial charge in [-0.3, -0.25) is 0 Å². The van der Waals surface area contributed by atoms with Gasteiger partial charge in [0.25, 0.3) is 0 Å². The van der Waals surface area contributed by atoms with Crippen molar-refractivity contribution in [3.63, 3.8) is 0 Å². The smallest absolute Gasteiger partial charge is 0.137 e. The van der Waals surface area contributed by atoms with Gasteiger partial charge < -0.3 is 15.4 Å². The Morgan fingerprint density at radius 2 is 2.14 bits per heavy atom. The SMILES string of the molecule is OCCCc1cccc(NCc2c[nH]c3ncccc23)c1. The lowest BCUT2D eigenvalue weighted by atomic mass is 10.1. The second kappa shape index (κ2) is 6.41. The zero-order chi connectivity index (χ0) is 14.5. The van der Waals surface area contributed by atoms with Crippen LogP contribution in [0.15, 0.2) is 48.8 Å². The van der Waals surface area contributed by atoms with Crippen LogP contribution in [-0.2, 0) is 13.0 Å². The zero-order valence-corrected chi connectivity index (χ0v) is 11.8. The molecule has 3 rings (SSSR count). The van der Waals surface area contributed by atoms with Gasteiger partial charge in [-0.1, -0.05) is 12.1 Å². The molecule has 0 radical (unpaired) electrons. The number of aliphatic hydroxyl groups is 1. The molecule has 2 heterocycles. The molecule has 4 heteroatoms. The van der Waals surface area contributed by atoms with E-state index in [-0.39, 0.29) is 6.61 Å². The van der Waals surface area contributed by atoms with Crippen LogP contribution in [-0.4, -0.2) is 21.7 Å². The number of rotatable bonds is 6. The Labute approximate surface area is 123 Å². The lowest BCUT2D eigenvalue weighted by molar-refractivity contribution is 0.288. The van der Waals surface area contributed by atoms with Crippen molar-refractivity contribution in [2.45, 2.75) is 19.4 Å². The molecule has 108 valence electrons. The van der Waals surface area contributed by atoms with Crippen LogP contribution in [0.3, 0.4) is 0 Å². The monoisotopic (exact) mass is 281 g/mol. The maximum absolute atomic E-state index is 8.90. The van der Waals surface area contributed by atoms with E-state index in [0.717, 1.165) is 36.1 Å². The van der Waals surface area contributed by atoms with E-state index < -0.39 is 0 Å². The first kappa shape index (κ1) is 13.6. The van der Waals surface area contributed by atoms with Gasteiger partial charge in [-0.15, -0.1) is 0 Å². The average molecular weight is 281 g/mol. The first-order valence-electron chi connectivity index (χ1n) is 7.21. The van der Waals surface area contributed by atoms with Gasteiger partial charge in [-0.25, -0.2) is 4.98 Å². The van der Waals surface area contributed by atoms with Crippen molar-refractivity contribution in [2.24, 2.45) is 0 Å². The number of aromatic amines is 1. The van der Waals surface area contributed by atoms with Gasteiger partial charge >= 0.3 is 0 Å². The van der Waals surface area contributed by atoms with Crippen molar-refractivity contribution >= 4 is 16.7 Å². The van der Waals surface area contributed by atoms with E-state index in [9.17, 15) is 0 Å². The summed E-state index contributed by atoms with van der Waals surface area (Å²) >= 11 is 0. The highest BCUT2D eigenvalue weighted by Gasteiger charge is 2.03. The third kappa shape index (κ3) is 3.23. The number of fused-ring (bicyclic) bond motifs is 1. The summed E-state index contributed by atoms with van der Waals surface area (Å²) in [6.07, 6.45) is 5.50. The summed E-state index contributed by atoms with van der Waals surface area (Å²) in [6.45, 7) is 0.995. The number of nitrogens with zero attached hydrogens (tertiary/aromatic N) is 1. The minimum absolute atomic E-state index is 0.236. The summed E-state index contributed by atoms with van der Waals surface area (Å²) in [7, 11) is 0. The number of anilines is 1. The molecule has 0 amide bonds. The molecular weight excluding hydrogens is 262 g/mol. The van der Waals surface area contributed by atoms with E-state index in [0.29, 0.717) is 0 Å².